The molecular weight excluding hydrogens is 362 g/mol. The molecule has 1 aromatic heterocycles. The summed E-state index contributed by atoms with van der Waals surface area (Å²) in [4.78, 5) is 11.0. The summed E-state index contributed by atoms with van der Waals surface area (Å²) < 4.78 is 5.61. The molecule has 1 aromatic carbocycles. The normalized spacial score (nSPS) is 20.7. The van der Waals surface area contributed by atoms with Crippen molar-refractivity contribution in [3.63, 3.8) is 0 Å². The Kier molecular flexibility index (Phi) is 6.72. The Bertz CT molecular complexity index is 769. The highest BCUT2D eigenvalue weighted by atomic mass is 16.5. The zero-order valence-electron chi connectivity index (χ0n) is 17.7. The van der Waals surface area contributed by atoms with E-state index in [9.17, 15) is 0 Å². The summed E-state index contributed by atoms with van der Waals surface area (Å²) in [5.41, 5.74) is 2.55. The van der Waals surface area contributed by atoms with E-state index >= 15 is 0 Å². The number of morpholine rings is 1. The van der Waals surface area contributed by atoms with E-state index in [0.717, 1.165) is 51.0 Å². The summed E-state index contributed by atoms with van der Waals surface area (Å²) in [7, 11) is 0. The van der Waals surface area contributed by atoms with Crippen molar-refractivity contribution in [2.24, 2.45) is 4.99 Å². The van der Waals surface area contributed by atoms with Crippen molar-refractivity contribution in [3.05, 3.63) is 36.0 Å². The standard InChI is InChI=1S/C23H35N5O/c1-2-24-22(25-17-20-16-19-8-4-5-9-21(19)27-20)26-18-23(10-6-3-7-11-23)28-12-14-29-15-13-28/h4-5,8-9,16,27H,2-3,6-7,10-15,17-18H2,1H3,(H2,24,25,26). The van der Waals surface area contributed by atoms with Gasteiger partial charge >= 0.3 is 0 Å². The zero-order chi connectivity index (χ0) is 19.9. The highest BCUT2D eigenvalue weighted by Crippen LogP contribution is 2.33. The highest BCUT2D eigenvalue weighted by Gasteiger charge is 2.38. The Labute approximate surface area is 174 Å². The van der Waals surface area contributed by atoms with E-state index in [1.54, 1.807) is 0 Å². The molecule has 6 nitrogen and oxygen atoms in total. The van der Waals surface area contributed by atoms with Crippen LogP contribution in [0.5, 0.6) is 0 Å². The van der Waals surface area contributed by atoms with Gasteiger partial charge in [0, 0.05) is 42.9 Å². The van der Waals surface area contributed by atoms with Gasteiger partial charge in [-0.05, 0) is 37.3 Å². The third-order valence-corrected chi connectivity index (χ3v) is 6.39. The second-order valence-corrected chi connectivity index (χ2v) is 8.31. The van der Waals surface area contributed by atoms with E-state index in [1.807, 2.05) is 0 Å². The zero-order valence-corrected chi connectivity index (χ0v) is 17.7. The van der Waals surface area contributed by atoms with Gasteiger partial charge in [0.25, 0.3) is 0 Å². The van der Waals surface area contributed by atoms with Crippen LogP contribution >= 0.6 is 0 Å². The van der Waals surface area contributed by atoms with Crippen molar-refractivity contribution in [1.29, 1.82) is 0 Å². The van der Waals surface area contributed by atoms with Crippen LogP contribution in [0.25, 0.3) is 10.9 Å². The summed E-state index contributed by atoms with van der Waals surface area (Å²) in [5.74, 6) is 0.907. The first-order valence-corrected chi connectivity index (χ1v) is 11.2. The predicted molar refractivity (Wildman–Crippen MR) is 119 cm³/mol. The molecule has 2 fully saturated rings. The minimum Gasteiger partial charge on any atom is -0.379 e. The van der Waals surface area contributed by atoms with Gasteiger partial charge in [0.15, 0.2) is 5.96 Å². The van der Waals surface area contributed by atoms with Gasteiger partial charge in [-0.2, -0.15) is 0 Å². The van der Waals surface area contributed by atoms with Gasteiger partial charge in [0.1, 0.15) is 0 Å². The average molecular weight is 398 g/mol. The maximum absolute atomic E-state index is 5.61. The second-order valence-electron chi connectivity index (χ2n) is 8.31. The number of aromatic amines is 1. The molecule has 0 atom stereocenters. The maximum atomic E-state index is 5.61. The Morgan fingerprint density at radius 2 is 1.93 bits per heavy atom. The second kappa shape index (κ2) is 9.63. The third kappa shape index (κ3) is 4.93. The SMILES string of the molecule is CCNC(=NCc1cc2ccccc2[nH]1)NCC1(N2CCOCC2)CCCCC1. The van der Waals surface area contributed by atoms with Crippen LogP contribution in [-0.2, 0) is 11.3 Å². The molecule has 0 bridgehead atoms. The number of nitrogens with one attached hydrogen (secondary N) is 3. The van der Waals surface area contributed by atoms with Gasteiger partial charge < -0.3 is 20.4 Å². The number of benzene rings is 1. The third-order valence-electron chi connectivity index (χ3n) is 6.39. The molecule has 1 aliphatic carbocycles. The quantitative estimate of drug-likeness (QED) is 0.517. The van der Waals surface area contributed by atoms with Crippen molar-refractivity contribution < 1.29 is 4.74 Å². The Hall–Kier alpha value is -2.05. The van der Waals surface area contributed by atoms with E-state index in [1.165, 1.54) is 43.0 Å². The van der Waals surface area contributed by atoms with Crippen LogP contribution in [-0.4, -0.2) is 60.8 Å². The molecule has 1 aliphatic heterocycles. The first kappa shape index (κ1) is 20.2. The van der Waals surface area contributed by atoms with Crippen LogP contribution < -0.4 is 10.6 Å². The summed E-state index contributed by atoms with van der Waals surface area (Å²) >= 11 is 0. The van der Waals surface area contributed by atoms with Gasteiger partial charge in [-0.15, -0.1) is 0 Å². The molecule has 4 rings (SSSR count). The molecule has 3 N–H and O–H groups in total. The molecule has 2 aromatic rings. The molecule has 2 heterocycles. The van der Waals surface area contributed by atoms with Crippen LogP contribution in [0.4, 0.5) is 0 Å². The molecule has 6 heteroatoms. The smallest absolute Gasteiger partial charge is 0.191 e. The summed E-state index contributed by atoms with van der Waals surface area (Å²) in [6.45, 7) is 8.39. The fourth-order valence-corrected chi connectivity index (χ4v) is 4.83. The monoisotopic (exact) mass is 397 g/mol. The van der Waals surface area contributed by atoms with E-state index in [0.29, 0.717) is 6.54 Å². The van der Waals surface area contributed by atoms with Crippen LogP contribution in [0, 0.1) is 0 Å². The summed E-state index contributed by atoms with van der Waals surface area (Å²) in [6.07, 6.45) is 6.53. The van der Waals surface area contributed by atoms with E-state index in [2.05, 4.69) is 57.8 Å². The lowest BCUT2D eigenvalue weighted by Crippen LogP contribution is -2.60. The number of guanidine groups is 1. The lowest BCUT2D eigenvalue weighted by molar-refractivity contribution is -0.0352. The molecule has 1 saturated carbocycles. The number of aromatic nitrogens is 1. The predicted octanol–water partition coefficient (Wildman–Crippen LogP) is 3.26. The molecular formula is C23H35N5O. The number of nitrogens with zero attached hydrogens (tertiary/aromatic N) is 2. The maximum Gasteiger partial charge on any atom is 0.191 e. The van der Waals surface area contributed by atoms with Crippen LogP contribution in [0.2, 0.25) is 0 Å². The van der Waals surface area contributed by atoms with Crippen molar-refractivity contribution >= 4 is 16.9 Å². The van der Waals surface area contributed by atoms with Gasteiger partial charge in [0.05, 0.1) is 19.8 Å². The lowest BCUT2D eigenvalue weighted by Gasteiger charge is -2.48. The van der Waals surface area contributed by atoms with Crippen LogP contribution in [0.1, 0.15) is 44.7 Å². The van der Waals surface area contributed by atoms with E-state index in [-0.39, 0.29) is 5.54 Å². The lowest BCUT2D eigenvalue weighted by atomic mass is 9.80. The van der Waals surface area contributed by atoms with E-state index in [4.69, 9.17) is 9.73 Å². The summed E-state index contributed by atoms with van der Waals surface area (Å²) in [5, 5.41) is 8.34. The number of H-pyrrole nitrogens is 1. The molecule has 0 spiro atoms. The highest BCUT2D eigenvalue weighted by molar-refractivity contribution is 5.81. The topological polar surface area (TPSA) is 64.7 Å². The first-order chi connectivity index (χ1) is 14.3. The Morgan fingerprint density at radius 1 is 1.14 bits per heavy atom. The molecule has 1 saturated heterocycles. The summed E-state index contributed by atoms with van der Waals surface area (Å²) in [6, 6.07) is 10.6. The number of rotatable bonds is 6. The van der Waals surface area contributed by atoms with Crippen molar-refractivity contribution in [2.75, 3.05) is 39.4 Å². The minimum absolute atomic E-state index is 0.235. The molecule has 158 valence electrons. The number of aliphatic imine (C=N–C) groups is 1. The average Bonchev–Trinajstić information content (AvgIpc) is 3.20. The number of hydrogen-bond donors (Lipinski definition) is 3. The van der Waals surface area contributed by atoms with Gasteiger partial charge in [0.2, 0.25) is 0 Å². The molecule has 29 heavy (non-hydrogen) atoms. The number of ether oxygens (including phenoxy) is 1. The molecule has 2 aliphatic rings. The van der Waals surface area contributed by atoms with Crippen LogP contribution in [0.3, 0.4) is 0 Å². The van der Waals surface area contributed by atoms with Crippen LogP contribution in [0.15, 0.2) is 35.3 Å². The number of hydrogen-bond acceptors (Lipinski definition) is 3. The fourth-order valence-electron chi connectivity index (χ4n) is 4.83. The minimum atomic E-state index is 0.235. The first-order valence-electron chi connectivity index (χ1n) is 11.2. The van der Waals surface area contributed by atoms with Crippen molar-refractivity contribution in [1.82, 2.24) is 20.5 Å². The van der Waals surface area contributed by atoms with Gasteiger partial charge in [-0.25, -0.2) is 4.99 Å². The van der Waals surface area contributed by atoms with Gasteiger partial charge in [-0.3, -0.25) is 4.90 Å². The molecule has 0 unspecified atom stereocenters. The Balaban J connectivity index is 1.43. The van der Waals surface area contributed by atoms with Crippen molar-refractivity contribution in [3.8, 4) is 0 Å². The largest absolute Gasteiger partial charge is 0.379 e. The fraction of sp³-hybridized carbons (Fsp3) is 0.609. The number of para-hydroxylation sites is 1. The van der Waals surface area contributed by atoms with Gasteiger partial charge in [-0.1, -0.05) is 37.5 Å². The Morgan fingerprint density at radius 3 is 2.69 bits per heavy atom. The molecule has 0 radical (unpaired) electrons. The number of fused-ring (bicyclic) bond motifs is 1. The van der Waals surface area contributed by atoms with Crippen molar-refractivity contribution in [2.45, 2.75) is 51.1 Å². The van der Waals surface area contributed by atoms with E-state index < -0.39 is 0 Å². The molecule has 0 amide bonds.